The van der Waals surface area contributed by atoms with E-state index in [0.29, 0.717) is 5.69 Å². The van der Waals surface area contributed by atoms with E-state index in [2.05, 4.69) is 5.32 Å². The molecule has 0 bridgehead atoms. The van der Waals surface area contributed by atoms with Crippen LogP contribution in [0.2, 0.25) is 10.0 Å². The molecule has 0 fully saturated rings. The Morgan fingerprint density at radius 1 is 1.17 bits per heavy atom. The number of halogens is 2. The van der Waals surface area contributed by atoms with Crippen LogP contribution in [0.25, 0.3) is 0 Å². The number of hydrogen-bond donors (Lipinski definition) is 2. The van der Waals surface area contributed by atoms with Crippen molar-refractivity contribution in [3.8, 4) is 5.75 Å². The Balaban J connectivity index is 2.34. The van der Waals surface area contributed by atoms with Gasteiger partial charge < -0.3 is 15.2 Å². The molecule has 2 aromatic rings. The highest BCUT2D eigenvalue weighted by Gasteiger charge is 2.20. The van der Waals surface area contributed by atoms with Gasteiger partial charge in [-0.15, -0.1) is 0 Å². The van der Waals surface area contributed by atoms with E-state index in [1.54, 1.807) is 0 Å². The molecule has 0 atom stereocenters. The molecule has 6 nitrogen and oxygen atoms in total. The molecule has 1 amide bonds. The third kappa shape index (κ3) is 4.28. The molecule has 9 heteroatoms. The lowest BCUT2D eigenvalue weighted by Gasteiger charge is -2.11. The highest BCUT2D eigenvalue weighted by atomic mass is 35.5. The molecule has 0 aromatic heterocycles. The van der Waals surface area contributed by atoms with Crippen molar-refractivity contribution >= 4 is 50.6 Å². The first-order chi connectivity index (χ1) is 10.7. The first-order valence-electron chi connectivity index (χ1n) is 6.26. The van der Waals surface area contributed by atoms with Gasteiger partial charge in [-0.1, -0.05) is 23.2 Å². The van der Waals surface area contributed by atoms with E-state index in [9.17, 15) is 13.2 Å². The van der Waals surface area contributed by atoms with Gasteiger partial charge in [0.15, 0.2) is 5.75 Å². The molecule has 0 aliphatic heterocycles. The third-order valence-corrected chi connectivity index (χ3v) is 4.49. The van der Waals surface area contributed by atoms with Crippen LogP contribution in [0.15, 0.2) is 41.3 Å². The Morgan fingerprint density at radius 2 is 1.87 bits per heavy atom. The minimum Gasteiger partial charge on any atom is -0.397 e. The van der Waals surface area contributed by atoms with E-state index in [1.807, 2.05) is 0 Å². The normalized spacial score (nSPS) is 11.1. The number of carbonyl (C=O) groups is 1. The lowest BCUT2D eigenvalue weighted by atomic mass is 10.2. The van der Waals surface area contributed by atoms with E-state index in [-0.39, 0.29) is 32.3 Å². The summed E-state index contributed by atoms with van der Waals surface area (Å²) in [5.74, 6) is -0.419. The Morgan fingerprint density at radius 3 is 2.48 bits per heavy atom. The quantitative estimate of drug-likeness (QED) is 0.631. The molecule has 0 aliphatic carbocycles. The molecule has 3 N–H and O–H groups in total. The molecule has 0 saturated heterocycles. The molecule has 122 valence electrons. The number of rotatable bonds is 4. The molecule has 0 radical (unpaired) electrons. The van der Waals surface area contributed by atoms with Crippen LogP contribution in [0.5, 0.6) is 5.75 Å². The lowest BCUT2D eigenvalue weighted by Crippen LogP contribution is -2.12. The first-order valence-corrected chi connectivity index (χ1v) is 8.42. The van der Waals surface area contributed by atoms with Gasteiger partial charge in [0.1, 0.15) is 4.90 Å². The zero-order valence-electron chi connectivity index (χ0n) is 11.8. The van der Waals surface area contributed by atoms with Crippen molar-refractivity contribution in [2.24, 2.45) is 0 Å². The van der Waals surface area contributed by atoms with Gasteiger partial charge in [0, 0.05) is 18.0 Å². The summed E-state index contributed by atoms with van der Waals surface area (Å²) in [6, 6.07) is 8.02. The zero-order chi connectivity index (χ0) is 17.2. The van der Waals surface area contributed by atoms with Crippen molar-refractivity contribution in [2.75, 3.05) is 11.1 Å². The molecule has 0 spiro atoms. The van der Waals surface area contributed by atoms with Crippen LogP contribution in [-0.2, 0) is 14.9 Å². The highest BCUT2D eigenvalue weighted by molar-refractivity contribution is 7.87. The van der Waals surface area contributed by atoms with Gasteiger partial charge >= 0.3 is 10.1 Å². The van der Waals surface area contributed by atoms with Crippen LogP contribution in [-0.4, -0.2) is 14.3 Å². The molecule has 0 unspecified atom stereocenters. The van der Waals surface area contributed by atoms with E-state index in [0.717, 1.165) is 0 Å². The Labute approximate surface area is 143 Å². The zero-order valence-corrected chi connectivity index (χ0v) is 14.2. The number of carbonyl (C=O) groups excluding carboxylic acids is 1. The average molecular weight is 375 g/mol. The monoisotopic (exact) mass is 374 g/mol. The van der Waals surface area contributed by atoms with Crippen LogP contribution < -0.4 is 15.2 Å². The van der Waals surface area contributed by atoms with Crippen molar-refractivity contribution < 1.29 is 17.4 Å². The summed E-state index contributed by atoms with van der Waals surface area (Å²) in [5.41, 5.74) is 6.12. The second kappa shape index (κ2) is 6.66. The topological polar surface area (TPSA) is 98.5 Å². The molecular weight excluding hydrogens is 363 g/mol. The summed E-state index contributed by atoms with van der Waals surface area (Å²) in [5, 5.41) is 2.86. The first kappa shape index (κ1) is 17.4. The van der Waals surface area contributed by atoms with Gasteiger partial charge in [0.05, 0.1) is 16.4 Å². The standard InChI is InChI=1S/C14H12Cl2N2O4S/c1-8(19)18-13-5-3-10(7-12(13)17)23(20,21)22-14-6-9(15)2-4-11(14)16/h2-7H,17H2,1H3,(H,18,19). The van der Waals surface area contributed by atoms with E-state index < -0.39 is 10.1 Å². The molecule has 0 heterocycles. The van der Waals surface area contributed by atoms with Crippen LogP contribution >= 0.6 is 23.2 Å². The van der Waals surface area contributed by atoms with Crippen molar-refractivity contribution in [3.63, 3.8) is 0 Å². The molecule has 2 rings (SSSR count). The summed E-state index contributed by atoms with van der Waals surface area (Å²) < 4.78 is 29.6. The van der Waals surface area contributed by atoms with Crippen LogP contribution in [0.4, 0.5) is 11.4 Å². The lowest BCUT2D eigenvalue weighted by molar-refractivity contribution is -0.114. The maximum Gasteiger partial charge on any atom is 0.339 e. The Bertz CT molecular complexity index is 869. The van der Waals surface area contributed by atoms with Crippen molar-refractivity contribution in [1.82, 2.24) is 0 Å². The maximum absolute atomic E-state index is 12.3. The van der Waals surface area contributed by atoms with E-state index >= 15 is 0 Å². The van der Waals surface area contributed by atoms with E-state index in [1.165, 1.54) is 43.3 Å². The fourth-order valence-corrected chi connectivity index (χ4v) is 3.05. The van der Waals surface area contributed by atoms with Gasteiger partial charge in [0.2, 0.25) is 5.91 Å². The number of anilines is 2. The molecule has 23 heavy (non-hydrogen) atoms. The fourth-order valence-electron chi connectivity index (χ4n) is 1.71. The highest BCUT2D eigenvalue weighted by Crippen LogP contribution is 2.31. The average Bonchev–Trinajstić information content (AvgIpc) is 2.44. The second-order valence-corrected chi connectivity index (χ2v) is 6.93. The van der Waals surface area contributed by atoms with Crippen molar-refractivity contribution in [2.45, 2.75) is 11.8 Å². The predicted molar refractivity (Wildman–Crippen MR) is 89.4 cm³/mol. The summed E-state index contributed by atoms with van der Waals surface area (Å²) in [6.45, 7) is 1.31. The summed E-state index contributed by atoms with van der Waals surface area (Å²) in [7, 11) is -4.16. The second-order valence-electron chi connectivity index (χ2n) is 4.54. The molecule has 0 aliphatic rings. The van der Waals surface area contributed by atoms with Gasteiger partial charge in [0.25, 0.3) is 0 Å². The summed E-state index contributed by atoms with van der Waals surface area (Å²) in [4.78, 5) is 10.8. The van der Waals surface area contributed by atoms with Crippen LogP contribution in [0.3, 0.4) is 0 Å². The minimum atomic E-state index is -4.16. The Hall–Kier alpha value is -1.96. The number of amides is 1. The van der Waals surface area contributed by atoms with Crippen molar-refractivity contribution in [1.29, 1.82) is 0 Å². The fraction of sp³-hybridized carbons (Fsp3) is 0.0714. The minimum absolute atomic E-state index is 0.0852. The number of hydrogen-bond acceptors (Lipinski definition) is 5. The SMILES string of the molecule is CC(=O)Nc1ccc(S(=O)(=O)Oc2cc(Cl)ccc2Cl)cc1N. The van der Waals surface area contributed by atoms with Crippen LogP contribution in [0.1, 0.15) is 6.92 Å². The molecular formula is C14H12Cl2N2O4S. The predicted octanol–water partition coefficient (Wildman–Crippen LogP) is 3.30. The maximum atomic E-state index is 12.3. The summed E-state index contributed by atoms with van der Waals surface area (Å²) in [6.07, 6.45) is 0. The number of nitrogens with one attached hydrogen (secondary N) is 1. The third-order valence-electron chi connectivity index (χ3n) is 2.72. The smallest absolute Gasteiger partial charge is 0.339 e. The van der Waals surface area contributed by atoms with Gasteiger partial charge in [-0.25, -0.2) is 0 Å². The molecule has 0 saturated carbocycles. The number of nitrogen functional groups attached to an aromatic ring is 1. The summed E-state index contributed by atoms with van der Waals surface area (Å²) >= 11 is 11.7. The van der Waals surface area contributed by atoms with Gasteiger partial charge in [-0.2, -0.15) is 8.42 Å². The van der Waals surface area contributed by atoms with Crippen LogP contribution in [0, 0.1) is 0 Å². The van der Waals surface area contributed by atoms with Gasteiger partial charge in [-0.05, 0) is 30.3 Å². The Kier molecular flexibility index (Phi) is 5.03. The number of benzene rings is 2. The van der Waals surface area contributed by atoms with Crippen molar-refractivity contribution in [3.05, 3.63) is 46.4 Å². The van der Waals surface area contributed by atoms with Gasteiger partial charge in [-0.3, -0.25) is 4.79 Å². The largest absolute Gasteiger partial charge is 0.397 e. The molecule has 2 aromatic carbocycles. The van der Waals surface area contributed by atoms with E-state index in [4.69, 9.17) is 33.1 Å². The number of nitrogens with two attached hydrogens (primary N) is 1.